The van der Waals surface area contributed by atoms with Crippen LogP contribution in [0.5, 0.6) is 0 Å². The van der Waals surface area contributed by atoms with Crippen molar-refractivity contribution in [2.75, 3.05) is 27.2 Å². The molecule has 0 rings (SSSR count). The summed E-state index contributed by atoms with van der Waals surface area (Å²) in [5.41, 5.74) is 0. The summed E-state index contributed by atoms with van der Waals surface area (Å²) in [4.78, 5) is 34.1. The van der Waals surface area contributed by atoms with E-state index in [4.69, 9.17) is 10.2 Å². The molecule has 0 heterocycles. The van der Waals surface area contributed by atoms with Crippen LogP contribution in [0.3, 0.4) is 0 Å². The molecule has 0 unspecified atom stereocenters. The number of carboxylic acid groups (broad SMARTS) is 1. The molecule has 98 valence electrons. The van der Waals surface area contributed by atoms with E-state index in [1.54, 1.807) is 14.1 Å². The highest BCUT2D eigenvalue weighted by atomic mass is 16.4. The van der Waals surface area contributed by atoms with E-state index in [0.717, 1.165) is 0 Å². The van der Waals surface area contributed by atoms with E-state index < -0.39 is 24.6 Å². The van der Waals surface area contributed by atoms with Crippen molar-refractivity contribution < 1.29 is 24.6 Å². The van der Waals surface area contributed by atoms with E-state index in [9.17, 15) is 14.4 Å². The third-order valence-electron chi connectivity index (χ3n) is 1.91. The van der Waals surface area contributed by atoms with Crippen LogP contribution in [0, 0.1) is 0 Å². The van der Waals surface area contributed by atoms with Crippen molar-refractivity contribution in [2.24, 2.45) is 0 Å². The lowest BCUT2D eigenvalue weighted by Crippen LogP contribution is -2.48. The molecule has 8 heteroatoms. The number of nitrogens with zero attached hydrogens (tertiary/aromatic N) is 1. The van der Waals surface area contributed by atoms with Gasteiger partial charge in [0.15, 0.2) is 6.04 Å². The number of amides is 3. The summed E-state index contributed by atoms with van der Waals surface area (Å²) in [7, 11) is 3.18. The van der Waals surface area contributed by atoms with Gasteiger partial charge in [-0.05, 0) is 0 Å². The van der Waals surface area contributed by atoms with Crippen LogP contribution in [0.15, 0.2) is 0 Å². The third kappa shape index (κ3) is 6.36. The van der Waals surface area contributed by atoms with Crippen LogP contribution in [0.25, 0.3) is 0 Å². The van der Waals surface area contributed by atoms with Crippen molar-refractivity contribution in [2.45, 2.75) is 12.5 Å². The zero-order valence-corrected chi connectivity index (χ0v) is 9.77. The fourth-order valence-electron chi connectivity index (χ4n) is 0.901. The number of carbonyl (C=O) groups is 3. The Morgan fingerprint density at radius 1 is 1.29 bits per heavy atom. The zero-order valence-electron chi connectivity index (χ0n) is 9.77. The average molecular weight is 247 g/mol. The van der Waals surface area contributed by atoms with Gasteiger partial charge in [-0.2, -0.15) is 0 Å². The quantitative estimate of drug-likeness (QED) is 0.442. The SMILES string of the molecule is CN(C)C(=O)CCNC(=O)N[C@@H](CO)C(=O)O. The maximum Gasteiger partial charge on any atom is 0.328 e. The van der Waals surface area contributed by atoms with Gasteiger partial charge in [-0.1, -0.05) is 0 Å². The molecule has 0 saturated carbocycles. The number of carbonyl (C=O) groups excluding carboxylic acids is 2. The standard InChI is InChI=1S/C9H17N3O5/c1-12(2)7(14)3-4-10-9(17)11-6(5-13)8(15)16/h6,13H,3-5H2,1-2H3,(H,15,16)(H2,10,11,17)/t6-/m0/s1. The molecule has 0 aliphatic carbocycles. The van der Waals surface area contributed by atoms with Gasteiger partial charge in [0.05, 0.1) is 6.61 Å². The first-order chi connectivity index (χ1) is 7.88. The molecule has 0 fully saturated rings. The Balaban J connectivity index is 3.87. The van der Waals surface area contributed by atoms with Crippen molar-refractivity contribution in [1.29, 1.82) is 0 Å². The smallest absolute Gasteiger partial charge is 0.328 e. The van der Waals surface area contributed by atoms with Crippen LogP contribution in [0.1, 0.15) is 6.42 Å². The molecule has 3 amide bonds. The highest BCUT2D eigenvalue weighted by molar-refractivity contribution is 5.83. The molecule has 0 radical (unpaired) electrons. The predicted molar refractivity (Wildman–Crippen MR) is 58.4 cm³/mol. The van der Waals surface area contributed by atoms with E-state index in [2.05, 4.69) is 5.32 Å². The molecule has 0 spiro atoms. The maximum absolute atomic E-state index is 11.1. The van der Waals surface area contributed by atoms with Crippen LogP contribution in [0.2, 0.25) is 0 Å². The Bertz CT molecular complexity index is 292. The summed E-state index contributed by atoms with van der Waals surface area (Å²) in [6.07, 6.45) is 0.122. The molecule has 17 heavy (non-hydrogen) atoms. The number of aliphatic hydroxyl groups excluding tert-OH is 1. The Labute approximate surface area is 98.6 Å². The second-order valence-corrected chi connectivity index (χ2v) is 3.51. The van der Waals surface area contributed by atoms with Crippen LogP contribution in [0.4, 0.5) is 4.79 Å². The third-order valence-corrected chi connectivity index (χ3v) is 1.91. The Morgan fingerprint density at radius 2 is 1.88 bits per heavy atom. The number of aliphatic carboxylic acids is 1. The number of urea groups is 1. The lowest BCUT2D eigenvalue weighted by atomic mass is 10.3. The number of nitrogens with one attached hydrogen (secondary N) is 2. The van der Waals surface area contributed by atoms with Crippen LogP contribution in [-0.4, -0.2) is 66.3 Å². The molecule has 8 nitrogen and oxygen atoms in total. The minimum Gasteiger partial charge on any atom is -0.480 e. The van der Waals surface area contributed by atoms with E-state index in [1.807, 2.05) is 5.32 Å². The van der Waals surface area contributed by atoms with E-state index in [1.165, 1.54) is 4.90 Å². The molecule has 4 N–H and O–H groups in total. The minimum atomic E-state index is -1.35. The summed E-state index contributed by atoms with van der Waals surface area (Å²) >= 11 is 0. The summed E-state index contributed by atoms with van der Waals surface area (Å²) in [5.74, 6) is -1.48. The van der Waals surface area contributed by atoms with Crippen molar-refractivity contribution in [3.05, 3.63) is 0 Å². The second kappa shape index (κ2) is 7.44. The molecule has 0 saturated heterocycles. The Hall–Kier alpha value is -1.83. The number of carboxylic acids is 1. The lowest BCUT2D eigenvalue weighted by Gasteiger charge is -2.13. The first-order valence-corrected chi connectivity index (χ1v) is 4.96. The van der Waals surface area contributed by atoms with E-state index in [-0.39, 0.29) is 18.9 Å². The van der Waals surface area contributed by atoms with Gasteiger partial charge in [0, 0.05) is 27.1 Å². The van der Waals surface area contributed by atoms with Crippen molar-refractivity contribution in [1.82, 2.24) is 15.5 Å². The largest absolute Gasteiger partial charge is 0.480 e. The maximum atomic E-state index is 11.1. The molecule has 0 aromatic rings. The van der Waals surface area contributed by atoms with Crippen LogP contribution in [-0.2, 0) is 9.59 Å². The van der Waals surface area contributed by atoms with Crippen molar-refractivity contribution >= 4 is 17.9 Å². The van der Waals surface area contributed by atoms with Gasteiger partial charge >= 0.3 is 12.0 Å². The van der Waals surface area contributed by atoms with Gasteiger partial charge in [0.25, 0.3) is 0 Å². The summed E-state index contributed by atoms with van der Waals surface area (Å²) in [6, 6.07) is -2.09. The van der Waals surface area contributed by atoms with E-state index >= 15 is 0 Å². The van der Waals surface area contributed by atoms with Gasteiger partial charge in [-0.15, -0.1) is 0 Å². The molecular formula is C9H17N3O5. The molecular weight excluding hydrogens is 230 g/mol. The number of rotatable bonds is 6. The van der Waals surface area contributed by atoms with Gasteiger partial charge in [0.2, 0.25) is 5.91 Å². The summed E-state index contributed by atoms with van der Waals surface area (Å²) < 4.78 is 0. The molecule has 1 atom stereocenters. The fraction of sp³-hybridized carbons (Fsp3) is 0.667. The van der Waals surface area contributed by atoms with Crippen LogP contribution < -0.4 is 10.6 Å². The second-order valence-electron chi connectivity index (χ2n) is 3.51. The van der Waals surface area contributed by atoms with Gasteiger partial charge in [-0.3, -0.25) is 4.79 Å². The Kier molecular flexibility index (Phi) is 6.64. The first-order valence-electron chi connectivity index (χ1n) is 4.96. The highest BCUT2D eigenvalue weighted by Crippen LogP contribution is 1.86. The summed E-state index contributed by atoms with van der Waals surface area (Å²) in [5, 5.41) is 21.6. The lowest BCUT2D eigenvalue weighted by molar-refractivity contribution is -0.140. The monoisotopic (exact) mass is 247 g/mol. The molecule has 0 aromatic heterocycles. The number of hydrogen-bond donors (Lipinski definition) is 4. The molecule has 0 bridgehead atoms. The fourth-order valence-corrected chi connectivity index (χ4v) is 0.901. The van der Waals surface area contributed by atoms with Gasteiger partial charge in [0.1, 0.15) is 0 Å². The molecule has 0 aliphatic rings. The number of hydrogen-bond acceptors (Lipinski definition) is 4. The van der Waals surface area contributed by atoms with Crippen LogP contribution >= 0.6 is 0 Å². The predicted octanol–water partition coefficient (Wildman–Crippen LogP) is -1.79. The van der Waals surface area contributed by atoms with Gasteiger partial charge in [-0.25, -0.2) is 9.59 Å². The van der Waals surface area contributed by atoms with Gasteiger partial charge < -0.3 is 25.7 Å². The molecule has 0 aliphatic heterocycles. The van der Waals surface area contributed by atoms with Crippen molar-refractivity contribution in [3.63, 3.8) is 0 Å². The molecule has 0 aromatic carbocycles. The van der Waals surface area contributed by atoms with E-state index in [0.29, 0.717) is 0 Å². The summed E-state index contributed by atoms with van der Waals surface area (Å²) in [6.45, 7) is -0.597. The zero-order chi connectivity index (χ0) is 13.4. The number of aliphatic hydroxyl groups is 1. The highest BCUT2D eigenvalue weighted by Gasteiger charge is 2.18. The van der Waals surface area contributed by atoms with Crippen molar-refractivity contribution in [3.8, 4) is 0 Å². The Morgan fingerprint density at radius 3 is 2.29 bits per heavy atom. The normalized spacial score (nSPS) is 11.5. The topological polar surface area (TPSA) is 119 Å². The minimum absolute atomic E-state index is 0.0978. The average Bonchev–Trinajstić information content (AvgIpc) is 2.25. The first kappa shape index (κ1) is 15.2.